The molecule has 1 atom stereocenters. The minimum absolute atomic E-state index is 0.0545. The highest BCUT2D eigenvalue weighted by Crippen LogP contribution is 2.17. The highest BCUT2D eigenvalue weighted by molar-refractivity contribution is 7.90. The van der Waals surface area contributed by atoms with E-state index in [2.05, 4.69) is 5.32 Å². The first kappa shape index (κ1) is 29.5. The van der Waals surface area contributed by atoms with Crippen molar-refractivity contribution < 1.29 is 42.2 Å². The van der Waals surface area contributed by atoms with E-state index in [0.29, 0.717) is 16.5 Å². The Balaban J connectivity index is 1.42. The molecule has 216 valence electrons. The summed E-state index contributed by atoms with van der Waals surface area (Å²) < 4.78 is 34.2. The molecular formula is C27H27B2N3O9S. The maximum absolute atomic E-state index is 13.8. The van der Waals surface area contributed by atoms with Crippen LogP contribution < -0.4 is 22.0 Å². The van der Waals surface area contributed by atoms with Crippen LogP contribution in [0.2, 0.25) is 0 Å². The van der Waals surface area contributed by atoms with E-state index in [1.807, 2.05) is 0 Å². The number of nitrogens with zero attached hydrogens (tertiary/aromatic N) is 1. The summed E-state index contributed by atoms with van der Waals surface area (Å²) in [5, 5.41) is 22.7. The number of nitrogens with two attached hydrogens (primary N) is 1. The number of rotatable bonds is 9. The first-order valence-electron chi connectivity index (χ1n) is 12.9. The fourth-order valence-corrected chi connectivity index (χ4v) is 5.47. The number of primary amides is 1. The number of nitrogens with one attached hydrogen (secondary N) is 1. The van der Waals surface area contributed by atoms with Gasteiger partial charge in [-0.05, 0) is 64.0 Å². The maximum Gasteiger partial charge on any atom is 0.491 e. The molecule has 0 aromatic heterocycles. The van der Waals surface area contributed by atoms with Gasteiger partial charge in [0, 0.05) is 23.9 Å². The highest BCUT2D eigenvalue weighted by atomic mass is 32.2. The van der Waals surface area contributed by atoms with Crippen molar-refractivity contribution in [3.63, 3.8) is 0 Å². The molecule has 0 fully saturated rings. The molecule has 2 aliphatic heterocycles. The molecule has 15 heteroatoms. The molecule has 5 N–H and O–H groups in total. The third-order valence-electron chi connectivity index (χ3n) is 7.19. The van der Waals surface area contributed by atoms with Gasteiger partial charge in [0.2, 0.25) is 5.91 Å². The second kappa shape index (κ2) is 11.7. The Morgan fingerprint density at radius 2 is 1.48 bits per heavy atom. The van der Waals surface area contributed by atoms with Crippen molar-refractivity contribution in [2.24, 2.45) is 5.73 Å². The van der Waals surface area contributed by atoms with Gasteiger partial charge in [-0.3, -0.25) is 14.4 Å². The molecule has 0 spiro atoms. The number of carbonyl (C=O) groups excluding carboxylic acids is 3. The third kappa shape index (κ3) is 6.25. The van der Waals surface area contributed by atoms with Crippen LogP contribution in [0.4, 0.5) is 0 Å². The molecule has 0 saturated carbocycles. The van der Waals surface area contributed by atoms with Crippen molar-refractivity contribution >= 4 is 52.7 Å². The molecule has 5 rings (SSSR count). The Labute approximate surface area is 242 Å². The largest absolute Gasteiger partial charge is 0.491 e. The summed E-state index contributed by atoms with van der Waals surface area (Å²) >= 11 is 0. The van der Waals surface area contributed by atoms with Crippen LogP contribution in [-0.4, -0.2) is 74.2 Å². The van der Waals surface area contributed by atoms with E-state index in [9.17, 15) is 32.8 Å². The summed E-state index contributed by atoms with van der Waals surface area (Å²) in [4.78, 5) is 40.8. The lowest BCUT2D eigenvalue weighted by Gasteiger charge is -2.27. The fraction of sp³-hybridized carbons (Fsp3) is 0.222. The van der Waals surface area contributed by atoms with E-state index in [1.165, 1.54) is 35.2 Å². The molecule has 3 aromatic carbocycles. The first-order valence-corrected chi connectivity index (χ1v) is 14.8. The summed E-state index contributed by atoms with van der Waals surface area (Å²) in [5.74, 6) is -2.07. The van der Waals surface area contributed by atoms with Crippen LogP contribution >= 0.6 is 0 Å². The average Bonchev–Trinajstić information content (AvgIpc) is 3.52. The van der Waals surface area contributed by atoms with Crippen molar-refractivity contribution in [2.45, 2.75) is 30.7 Å². The van der Waals surface area contributed by atoms with Crippen LogP contribution in [0.5, 0.6) is 0 Å². The zero-order valence-corrected chi connectivity index (χ0v) is 23.3. The van der Waals surface area contributed by atoms with E-state index in [-0.39, 0.29) is 42.3 Å². The summed E-state index contributed by atoms with van der Waals surface area (Å²) in [7, 11) is -5.79. The number of carbonyl (C=O) groups is 3. The molecule has 0 radical (unpaired) electrons. The van der Waals surface area contributed by atoms with E-state index < -0.39 is 47.8 Å². The molecule has 0 bridgehead atoms. The molecule has 2 heterocycles. The average molecular weight is 591 g/mol. The molecule has 12 nitrogen and oxygen atoms in total. The smallest absolute Gasteiger partial charge is 0.423 e. The van der Waals surface area contributed by atoms with Gasteiger partial charge in [0.05, 0.1) is 24.7 Å². The lowest BCUT2D eigenvalue weighted by atomic mass is 9.78. The molecule has 2 aliphatic rings. The number of hydrogen-bond acceptors (Lipinski definition) is 9. The minimum Gasteiger partial charge on any atom is -0.423 e. The van der Waals surface area contributed by atoms with Crippen molar-refractivity contribution in [3.8, 4) is 0 Å². The zero-order chi connectivity index (χ0) is 30.2. The van der Waals surface area contributed by atoms with Gasteiger partial charge in [0.15, 0.2) is 9.84 Å². The van der Waals surface area contributed by atoms with Gasteiger partial charge < -0.3 is 35.3 Å². The Hall–Kier alpha value is -4.01. The Morgan fingerprint density at radius 3 is 2.02 bits per heavy atom. The fourth-order valence-electron chi connectivity index (χ4n) is 4.84. The van der Waals surface area contributed by atoms with Gasteiger partial charge in [-0.25, -0.2) is 8.42 Å². The van der Waals surface area contributed by atoms with Gasteiger partial charge in [-0.15, -0.1) is 0 Å². The zero-order valence-electron chi connectivity index (χ0n) is 22.5. The molecular weight excluding hydrogens is 564 g/mol. The van der Waals surface area contributed by atoms with Gasteiger partial charge in [0.25, 0.3) is 11.8 Å². The molecule has 42 heavy (non-hydrogen) atoms. The van der Waals surface area contributed by atoms with Gasteiger partial charge in [-0.2, -0.15) is 0 Å². The standard InChI is InChI=1S/C27H27B2N3O9S/c1-42(38,39)21-8-2-16(3-9-21)12-32(27(35)18-5-7-20-15-41-29(37)23(20)11-18)13-24(25(30)33)31-26(34)17-4-6-19-14-40-28(36)22(19)10-17/h2-11,24,36-37H,12-15H2,1H3,(H2,30,33)(H,31,34)/t24-/m0/s1. The molecule has 3 aromatic rings. The van der Waals surface area contributed by atoms with Crippen LogP contribution in [0, 0.1) is 0 Å². The summed E-state index contributed by atoms with van der Waals surface area (Å²) in [6.45, 7) is 0.0288. The Morgan fingerprint density at radius 1 is 0.929 bits per heavy atom. The van der Waals surface area contributed by atoms with E-state index in [0.717, 1.165) is 17.4 Å². The first-order chi connectivity index (χ1) is 19.9. The van der Waals surface area contributed by atoms with E-state index in [1.54, 1.807) is 30.3 Å². The Kier molecular flexibility index (Phi) is 8.21. The van der Waals surface area contributed by atoms with Crippen LogP contribution in [0.25, 0.3) is 0 Å². The summed E-state index contributed by atoms with van der Waals surface area (Å²) in [5.41, 5.74) is 8.91. The van der Waals surface area contributed by atoms with Crippen molar-refractivity contribution in [2.75, 3.05) is 12.8 Å². The van der Waals surface area contributed by atoms with Crippen LogP contribution in [0.15, 0.2) is 65.6 Å². The van der Waals surface area contributed by atoms with E-state index >= 15 is 0 Å². The molecule has 0 saturated heterocycles. The third-order valence-corrected chi connectivity index (χ3v) is 8.32. The van der Waals surface area contributed by atoms with Crippen molar-refractivity contribution in [1.29, 1.82) is 0 Å². The van der Waals surface area contributed by atoms with Gasteiger partial charge in [0.1, 0.15) is 6.04 Å². The van der Waals surface area contributed by atoms with Crippen LogP contribution in [0.1, 0.15) is 37.4 Å². The van der Waals surface area contributed by atoms with Crippen molar-refractivity contribution in [3.05, 3.63) is 88.5 Å². The molecule has 0 unspecified atom stereocenters. The van der Waals surface area contributed by atoms with Gasteiger partial charge >= 0.3 is 14.2 Å². The Bertz CT molecular complexity index is 1670. The SMILES string of the molecule is CS(=O)(=O)c1ccc(CN(C[C@H](NC(=O)c2ccc3c(c2)B(O)OC3)C(N)=O)C(=O)c2ccc3c(c2)B(O)OC3)cc1. The number of amides is 3. The second-order valence-corrected chi connectivity index (χ2v) is 12.2. The quantitative estimate of drug-likeness (QED) is 0.214. The van der Waals surface area contributed by atoms with Crippen LogP contribution in [0.3, 0.4) is 0 Å². The maximum atomic E-state index is 13.8. The second-order valence-electron chi connectivity index (χ2n) is 10.2. The highest BCUT2D eigenvalue weighted by Gasteiger charge is 2.32. The lowest BCUT2D eigenvalue weighted by Crippen LogP contribution is -2.52. The molecule has 3 amide bonds. The number of fused-ring (bicyclic) bond motifs is 2. The number of hydrogen-bond donors (Lipinski definition) is 4. The predicted octanol–water partition coefficient (Wildman–Crippen LogP) is -1.55. The minimum atomic E-state index is -3.44. The normalized spacial score (nSPS) is 14.7. The number of sulfone groups is 1. The lowest BCUT2D eigenvalue weighted by molar-refractivity contribution is -0.120. The monoisotopic (exact) mass is 591 g/mol. The van der Waals surface area contributed by atoms with E-state index in [4.69, 9.17) is 15.0 Å². The van der Waals surface area contributed by atoms with Crippen LogP contribution in [-0.2, 0) is 43.7 Å². The predicted molar refractivity (Wildman–Crippen MR) is 152 cm³/mol. The van der Waals surface area contributed by atoms with Gasteiger partial charge in [-0.1, -0.05) is 24.3 Å². The van der Waals surface area contributed by atoms with Crippen molar-refractivity contribution in [1.82, 2.24) is 10.2 Å². The topological polar surface area (TPSA) is 186 Å². The molecule has 0 aliphatic carbocycles. The summed E-state index contributed by atoms with van der Waals surface area (Å²) in [6.07, 6.45) is 1.08. The summed E-state index contributed by atoms with van der Waals surface area (Å²) in [6, 6.07) is 14.0. The number of benzene rings is 3.